The number of anilines is 1. The van der Waals surface area contributed by atoms with Crippen LogP contribution >= 0.6 is 0 Å². The minimum absolute atomic E-state index is 0.0633. The van der Waals surface area contributed by atoms with Crippen molar-refractivity contribution in [1.82, 2.24) is 19.6 Å². The molecule has 0 atom stereocenters. The lowest BCUT2D eigenvalue weighted by molar-refractivity contribution is -0.384. The van der Waals surface area contributed by atoms with Gasteiger partial charge in [-0.1, -0.05) is 31.4 Å². The summed E-state index contributed by atoms with van der Waals surface area (Å²) in [7, 11) is 1.46. The molecule has 36 heavy (non-hydrogen) atoms. The molecule has 0 unspecified atom stereocenters. The molecule has 5 rings (SSSR count). The van der Waals surface area contributed by atoms with Crippen molar-refractivity contribution in [3.8, 4) is 16.9 Å². The molecular formula is C26H26N6O4. The van der Waals surface area contributed by atoms with Crippen molar-refractivity contribution in [1.29, 1.82) is 0 Å². The Morgan fingerprint density at radius 2 is 1.94 bits per heavy atom. The number of carbonyl (C=O) groups excluding carboxylic acids is 1. The van der Waals surface area contributed by atoms with Gasteiger partial charge >= 0.3 is 0 Å². The Hall–Kier alpha value is -4.34. The molecule has 0 radical (unpaired) electrons. The Morgan fingerprint density at radius 1 is 1.14 bits per heavy atom. The van der Waals surface area contributed by atoms with E-state index < -0.39 is 4.92 Å². The van der Waals surface area contributed by atoms with E-state index in [4.69, 9.17) is 4.74 Å². The van der Waals surface area contributed by atoms with Crippen molar-refractivity contribution >= 4 is 23.1 Å². The first kappa shape index (κ1) is 23.4. The maximum Gasteiger partial charge on any atom is 0.273 e. The zero-order valence-electron chi connectivity index (χ0n) is 20.1. The number of hydrogen-bond acceptors (Lipinski definition) is 7. The van der Waals surface area contributed by atoms with Crippen molar-refractivity contribution in [2.45, 2.75) is 44.9 Å². The van der Waals surface area contributed by atoms with Crippen molar-refractivity contribution in [3.63, 3.8) is 0 Å². The number of ether oxygens (including phenoxy) is 1. The van der Waals surface area contributed by atoms with E-state index in [9.17, 15) is 14.9 Å². The van der Waals surface area contributed by atoms with Gasteiger partial charge in [0.05, 0.1) is 30.0 Å². The average Bonchev–Trinajstić information content (AvgIpc) is 3.32. The third-order valence-electron chi connectivity index (χ3n) is 6.78. The first-order valence-corrected chi connectivity index (χ1v) is 11.9. The Kier molecular flexibility index (Phi) is 6.32. The van der Waals surface area contributed by atoms with Gasteiger partial charge in [0.2, 0.25) is 0 Å². The highest BCUT2D eigenvalue weighted by Crippen LogP contribution is 2.36. The molecule has 0 aliphatic heterocycles. The Balaban J connectivity index is 1.44. The molecule has 1 aliphatic carbocycles. The van der Waals surface area contributed by atoms with Crippen LogP contribution in [0.15, 0.2) is 48.8 Å². The monoisotopic (exact) mass is 486 g/mol. The summed E-state index contributed by atoms with van der Waals surface area (Å²) in [6.07, 6.45) is 9.16. The van der Waals surface area contributed by atoms with Crippen LogP contribution < -0.4 is 10.1 Å². The second-order valence-corrected chi connectivity index (χ2v) is 8.98. The molecule has 1 amide bonds. The standard InChI is InChI=1S/C26H26N6O4/c1-16-20(22-12-11-19(32(34)35)13-23(22)36-2)9-6-10-21(16)25(33)28-18-14-27-26-30-29-24(31(26)15-18)17-7-4-3-5-8-17/h6,9-15,17H,3-5,7-8H2,1-2H3,(H,28,33). The number of nitrogens with one attached hydrogen (secondary N) is 1. The van der Waals surface area contributed by atoms with Gasteiger partial charge in [-0.15, -0.1) is 10.2 Å². The van der Waals surface area contributed by atoms with Gasteiger partial charge in [-0.3, -0.25) is 19.3 Å². The molecule has 4 aromatic rings. The van der Waals surface area contributed by atoms with Gasteiger partial charge < -0.3 is 10.1 Å². The first-order valence-electron chi connectivity index (χ1n) is 11.9. The molecule has 0 saturated heterocycles. The molecule has 184 valence electrons. The zero-order chi connectivity index (χ0) is 25.2. The number of amides is 1. The van der Waals surface area contributed by atoms with Gasteiger partial charge in [0.1, 0.15) is 11.6 Å². The summed E-state index contributed by atoms with van der Waals surface area (Å²) in [6, 6.07) is 9.82. The van der Waals surface area contributed by atoms with Gasteiger partial charge in [0.15, 0.2) is 0 Å². The number of rotatable bonds is 6. The summed E-state index contributed by atoms with van der Waals surface area (Å²) in [6.45, 7) is 1.84. The molecule has 2 aromatic carbocycles. The van der Waals surface area contributed by atoms with Crippen LogP contribution in [-0.4, -0.2) is 37.5 Å². The summed E-state index contributed by atoms with van der Waals surface area (Å²) >= 11 is 0. The number of aromatic nitrogens is 4. The van der Waals surface area contributed by atoms with Gasteiger partial charge in [-0.25, -0.2) is 4.98 Å². The molecule has 10 nitrogen and oxygen atoms in total. The van der Waals surface area contributed by atoms with Gasteiger partial charge in [-0.05, 0) is 43.0 Å². The number of methoxy groups -OCH3 is 1. The number of nitro groups is 1. The summed E-state index contributed by atoms with van der Waals surface area (Å²) in [4.78, 5) is 28.3. The number of carbonyl (C=O) groups is 1. The number of hydrogen-bond donors (Lipinski definition) is 1. The molecule has 1 N–H and O–H groups in total. The highest BCUT2D eigenvalue weighted by atomic mass is 16.6. The topological polar surface area (TPSA) is 125 Å². The third-order valence-corrected chi connectivity index (χ3v) is 6.78. The maximum absolute atomic E-state index is 13.3. The van der Waals surface area contributed by atoms with Gasteiger partial charge in [-0.2, -0.15) is 0 Å². The zero-order valence-corrected chi connectivity index (χ0v) is 20.1. The summed E-state index contributed by atoms with van der Waals surface area (Å²) in [5.41, 5.74) is 3.10. The van der Waals surface area contributed by atoms with Crippen molar-refractivity contribution in [2.75, 3.05) is 12.4 Å². The number of benzene rings is 2. The van der Waals surface area contributed by atoms with E-state index >= 15 is 0 Å². The van der Waals surface area contributed by atoms with Crippen LogP contribution in [0.4, 0.5) is 11.4 Å². The lowest BCUT2D eigenvalue weighted by atomic mass is 9.89. The molecule has 2 aromatic heterocycles. The molecule has 1 saturated carbocycles. The van der Waals surface area contributed by atoms with E-state index in [0.717, 1.165) is 29.8 Å². The van der Waals surface area contributed by atoms with Crippen LogP contribution in [0.25, 0.3) is 16.9 Å². The lowest BCUT2D eigenvalue weighted by Gasteiger charge is -2.19. The van der Waals surface area contributed by atoms with Crippen molar-refractivity contribution < 1.29 is 14.5 Å². The van der Waals surface area contributed by atoms with Crippen molar-refractivity contribution in [3.05, 3.63) is 75.9 Å². The van der Waals surface area contributed by atoms with Crippen LogP contribution in [0.5, 0.6) is 5.75 Å². The number of non-ortho nitro benzene ring substituents is 1. The molecule has 2 heterocycles. The van der Waals surface area contributed by atoms with Crippen LogP contribution in [0, 0.1) is 17.0 Å². The normalized spacial score (nSPS) is 14.1. The van der Waals surface area contributed by atoms with E-state index in [0.29, 0.717) is 34.3 Å². The third kappa shape index (κ3) is 4.37. The molecule has 1 aliphatic rings. The largest absolute Gasteiger partial charge is 0.496 e. The minimum atomic E-state index is -0.469. The fraction of sp³-hybridized carbons (Fsp3) is 0.308. The smallest absolute Gasteiger partial charge is 0.273 e. The van der Waals surface area contributed by atoms with Gasteiger partial charge in [0, 0.05) is 29.3 Å². The van der Waals surface area contributed by atoms with Crippen LogP contribution in [0.1, 0.15) is 59.8 Å². The lowest BCUT2D eigenvalue weighted by Crippen LogP contribution is -2.15. The number of fused-ring (bicyclic) bond motifs is 1. The van der Waals surface area contributed by atoms with Crippen LogP contribution in [-0.2, 0) is 0 Å². The fourth-order valence-corrected chi connectivity index (χ4v) is 4.90. The SMILES string of the molecule is COc1cc([N+](=O)[O-])ccc1-c1cccc(C(=O)Nc2cnc3nnc(C4CCCCC4)n3c2)c1C. The van der Waals surface area contributed by atoms with E-state index in [-0.39, 0.29) is 11.6 Å². The first-order chi connectivity index (χ1) is 17.5. The van der Waals surface area contributed by atoms with E-state index in [1.807, 2.05) is 23.6 Å². The predicted octanol–water partition coefficient (Wildman–Crippen LogP) is 5.32. The Morgan fingerprint density at radius 3 is 2.69 bits per heavy atom. The quantitative estimate of drug-likeness (QED) is 0.289. The highest BCUT2D eigenvalue weighted by molar-refractivity contribution is 6.06. The maximum atomic E-state index is 13.3. The highest BCUT2D eigenvalue weighted by Gasteiger charge is 2.22. The fourth-order valence-electron chi connectivity index (χ4n) is 4.90. The Bertz CT molecular complexity index is 1460. The van der Waals surface area contributed by atoms with E-state index in [2.05, 4.69) is 20.5 Å². The Labute approximate surface area is 207 Å². The molecular weight excluding hydrogens is 460 g/mol. The van der Waals surface area contributed by atoms with Gasteiger partial charge in [0.25, 0.3) is 17.4 Å². The van der Waals surface area contributed by atoms with E-state index in [1.54, 1.807) is 24.4 Å². The second kappa shape index (κ2) is 9.73. The number of nitro benzene ring substituents is 1. The predicted molar refractivity (Wildman–Crippen MR) is 134 cm³/mol. The number of nitrogens with zero attached hydrogens (tertiary/aromatic N) is 5. The summed E-state index contributed by atoms with van der Waals surface area (Å²) < 4.78 is 7.28. The van der Waals surface area contributed by atoms with Crippen LogP contribution in [0.2, 0.25) is 0 Å². The molecule has 1 fully saturated rings. The minimum Gasteiger partial charge on any atom is -0.496 e. The van der Waals surface area contributed by atoms with Crippen LogP contribution in [0.3, 0.4) is 0 Å². The van der Waals surface area contributed by atoms with Crippen molar-refractivity contribution in [2.24, 2.45) is 0 Å². The summed E-state index contributed by atoms with van der Waals surface area (Å²) in [5, 5.41) is 22.7. The molecule has 0 bridgehead atoms. The van der Waals surface area contributed by atoms with E-state index in [1.165, 1.54) is 38.5 Å². The molecule has 0 spiro atoms. The molecule has 10 heteroatoms. The summed E-state index contributed by atoms with van der Waals surface area (Å²) in [5.74, 6) is 1.82. The average molecular weight is 487 g/mol. The second-order valence-electron chi connectivity index (χ2n) is 8.98.